The first-order chi connectivity index (χ1) is 12.8. The molecule has 3 N–H and O–H groups in total. The molecule has 0 spiro atoms. The number of rotatable bonds is 7. The summed E-state index contributed by atoms with van der Waals surface area (Å²) in [6, 6.07) is 7.36. The van der Waals surface area contributed by atoms with E-state index in [1.54, 1.807) is 6.07 Å². The van der Waals surface area contributed by atoms with E-state index in [0.717, 1.165) is 34.1 Å². The van der Waals surface area contributed by atoms with E-state index in [1.165, 1.54) is 0 Å². The Balaban J connectivity index is 1.79. The maximum atomic E-state index is 13.7. The van der Waals surface area contributed by atoms with Crippen LogP contribution in [0.5, 0.6) is 0 Å². The molecule has 5 nitrogen and oxygen atoms in total. The van der Waals surface area contributed by atoms with Gasteiger partial charge in [-0.05, 0) is 72.2 Å². The Hall–Kier alpha value is -1.78. The van der Waals surface area contributed by atoms with E-state index in [1.807, 2.05) is 19.1 Å². The molecule has 1 fully saturated rings. The molecule has 0 saturated heterocycles. The van der Waals surface area contributed by atoms with Gasteiger partial charge in [0.05, 0.1) is 24.5 Å². The first-order valence-corrected chi connectivity index (χ1v) is 9.47. The SMILES string of the molecule is Cc1cc(I)ccc1Nc1cc(F)c(F)cc1C(=O)NOCC1(CO)CC1. The number of halogens is 3. The highest BCUT2D eigenvalue weighted by atomic mass is 127. The summed E-state index contributed by atoms with van der Waals surface area (Å²) in [5, 5.41) is 12.2. The lowest BCUT2D eigenvalue weighted by molar-refractivity contribution is -0.0000435. The van der Waals surface area contributed by atoms with Crippen LogP contribution in [0.25, 0.3) is 0 Å². The summed E-state index contributed by atoms with van der Waals surface area (Å²) in [5.41, 5.74) is 3.56. The van der Waals surface area contributed by atoms with Crippen LogP contribution in [-0.4, -0.2) is 24.2 Å². The molecule has 3 rings (SSSR count). The number of amides is 1. The largest absolute Gasteiger partial charge is 0.396 e. The van der Waals surface area contributed by atoms with Crippen LogP contribution in [0.15, 0.2) is 30.3 Å². The quantitative estimate of drug-likeness (QED) is 0.407. The molecule has 1 saturated carbocycles. The van der Waals surface area contributed by atoms with Gasteiger partial charge >= 0.3 is 0 Å². The normalized spacial score (nSPS) is 14.7. The Bertz CT molecular complexity index is 872. The number of anilines is 2. The first kappa shape index (κ1) is 20.0. The number of hydroxylamine groups is 1. The smallest absolute Gasteiger partial charge is 0.277 e. The molecule has 0 aliphatic heterocycles. The van der Waals surface area contributed by atoms with E-state index in [0.29, 0.717) is 5.69 Å². The van der Waals surface area contributed by atoms with Gasteiger partial charge in [-0.15, -0.1) is 0 Å². The van der Waals surface area contributed by atoms with Gasteiger partial charge in [-0.3, -0.25) is 9.63 Å². The van der Waals surface area contributed by atoms with Crippen LogP contribution in [0.3, 0.4) is 0 Å². The predicted molar refractivity (Wildman–Crippen MR) is 106 cm³/mol. The summed E-state index contributed by atoms with van der Waals surface area (Å²) in [4.78, 5) is 17.6. The summed E-state index contributed by atoms with van der Waals surface area (Å²) < 4.78 is 28.5. The van der Waals surface area contributed by atoms with Crippen molar-refractivity contribution in [1.29, 1.82) is 0 Å². The lowest BCUT2D eigenvalue weighted by Crippen LogP contribution is -2.29. The van der Waals surface area contributed by atoms with Gasteiger partial charge < -0.3 is 10.4 Å². The number of carbonyl (C=O) groups excluding carboxylic acids is 1. The fourth-order valence-electron chi connectivity index (χ4n) is 2.59. The van der Waals surface area contributed by atoms with Crippen molar-refractivity contribution in [3.8, 4) is 0 Å². The van der Waals surface area contributed by atoms with E-state index in [-0.39, 0.29) is 29.9 Å². The molecule has 0 heterocycles. The highest BCUT2D eigenvalue weighted by molar-refractivity contribution is 14.1. The highest BCUT2D eigenvalue weighted by Crippen LogP contribution is 2.44. The van der Waals surface area contributed by atoms with Gasteiger partial charge in [0.2, 0.25) is 0 Å². The van der Waals surface area contributed by atoms with Crippen molar-refractivity contribution in [3.63, 3.8) is 0 Å². The third kappa shape index (κ3) is 4.74. The number of benzene rings is 2. The van der Waals surface area contributed by atoms with Crippen LogP contribution in [0.4, 0.5) is 20.2 Å². The minimum absolute atomic E-state index is 0.0209. The number of aliphatic hydroxyl groups excluding tert-OH is 1. The fourth-order valence-corrected chi connectivity index (χ4v) is 3.23. The average molecular weight is 488 g/mol. The number of hydrogen-bond donors (Lipinski definition) is 3. The highest BCUT2D eigenvalue weighted by Gasteiger charge is 2.42. The molecule has 0 radical (unpaired) electrons. The van der Waals surface area contributed by atoms with Gasteiger partial charge in [0.25, 0.3) is 5.91 Å². The van der Waals surface area contributed by atoms with Crippen molar-refractivity contribution in [2.45, 2.75) is 19.8 Å². The average Bonchev–Trinajstić information content (AvgIpc) is 3.40. The lowest BCUT2D eigenvalue weighted by atomic mass is 10.1. The van der Waals surface area contributed by atoms with Crippen molar-refractivity contribution in [1.82, 2.24) is 5.48 Å². The Morgan fingerprint density at radius 3 is 2.56 bits per heavy atom. The van der Waals surface area contributed by atoms with Crippen LogP contribution in [0.1, 0.15) is 28.8 Å². The van der Waals surface area contributed by atoms with Gasteiger partial charge in [-0.2, -0.15) is 0 Å². The van der Waals surface area contributed by atoms with Gasteiger partial charge in [0.1, 0.15) is 0 Å². The van der Waals surface area contributed by atoms with Crippen molar-refractivity contribution < 1.29 is 23.5 Å². The van der Waals surface area contributed by atoms with Crippen LogP contribution in [0.2, 0.25) is 0 Å². The van der Waals surface area contributed by atoms with Crippen molar-refractivity contribution in [2.75, 3.05) is 18.5 Å². The molecule has 0 aromatic heterocycles. The van der Waals surface area contributed by atoms with Crippen molar-refractivity contribution in [3.05, 3.63) is 56.7 Å². The molecule has 0 bridgehead atoms. The molecule has 2 aromatic rings. The van der Waals surface area contributed by atoms with E-state index in [4.69, 9.17) is 4.84 Å². The molecule has 1 amide bonds. The first-order valence-electron chi connectivity index (χ1n) is 8.39. The number of aliphatic hydroxyl groups is 1. The molecule has 0 unspecified atom stereocenters. The number of nitrogens with one attached hydrogen (secondary N) is 2. The van der Waals surface area contributed by atoms with E-state index in [9.17, 15) is 18.7 Å². The van der Waals surface area contributed by atoms with Crippen LogP contribution >= 0.6 is 22.6 Å². The molecule has 2 aromatic carbocycles. The topological polar surface area (TPSA) is 70.6 Å². The van der Waals surface area contributed by atoms with E-state index in [2.05, 4.69) is 33.4 Å². The minimum Gasteiger partial charge on any atom is -0.396 e. The maximum Gasteiger partial charge on any atom is 0.277 e. The van der Waals surface area contributed by atoms with Crippen LogP contribution < -0.4 is 10.8 Å². The van der Waals surface area contributed by atoms with Crippen molar-refractivity contribution >= 4 is 39.9 Å². The molecule has 144 valence electrons. The minimum atomic E-state index is -1.13. The van der Waals surface area contributed by atoms with Crippen molar-refractivity contribution in [2.24, 2.45) is 5.41 Å². The van der Waals surface area contributed by atoms with Crippen LogP contribution in [-0.2, 0) is 4.84 Å². The Labute approximate surface area is 169 Å². The Kier molecular flexibility index (Phi) is 5.97. The summed E-state index contributed by atoms with van der Waals surface area (Å²) >= 11 is 2.17. The van der Waals surface area contributed by atoms with E-state index >= 15 is 0 Å². The van der Waals surface area contributed by atoms with Gasteiger partial charge in [0, 0.05) is 20.7 Å². The molecule has 27 heavy (non-hydrogen) atoms. The maximum absolute atomic E-state index is 13.7. The second-order valence-electron chi connectivity index (χ2n) is 6.77. The second kappa shape index (κ2) is 8.07. The Morgan fingerprint density at radius 1 is 1.22 bits per heavy atom. The zero-order valence-corrected chi connectivity index (χ0v) is 16.8. The zero-order valence-electron chi connectivity index (χ0n) is 14.6. The van der Waals surface area contributed by atoms with Gasteiger partial charge in [-0.25, -0.2) is 14.3 Å². The monoisotopic (exact) mass is 488 g/mol. The predicted octanol–water partition coefficient (Wildman–Crippen LogP) is 4.06. The molecule has 0 atom stereocenters. The molecule has 1 aliphatic rings. The lowest BCUT2D eigenvalue weighted by Gasteiger charge is -2.16. The van der Waals surface area contributed by atoms with Gasteiger partial charge in [-0.1, -0.05) is 0 Å². The molecule has 8 heteroatoms. The summed E-state index contributed by atoms with van der Waals surface area (Å²) in [5.74, 6) is -2.89. The Morgan fingerprint density at radius 2 is 1.93 bits per heavy atom. The summed E-state index contributed by atoms with van der Waals surface area (Å²) in [6.07, 6.45) is 1.65. The molecular weight excluding hydrogens is 469 g/mol. The second-order valence-corrected chi connectivity index (χ2v) is 8.02. The third-order valence-electron chi connectivity index (χ3n) is 4.60. The number of aryl methyl sites for hydroxylation is 1. The summed E-state index contributed by atoms with van der Waals surface area (Å²) in [6.45, 7) is 2.02. The van der Waals surface area contributed by atoms with Gasteiger partial charge in [0.15, 0.2) is 11.6 Å². The third-order valence-corrected chi connectivity index (χ3v) is 5.27. The number of hydrogen-bond acceptors (Lipinski definition) is 4. The van der Waals surface area contributed by atoms with E-state index < -0.39 is 17.5 Å². The zero-order chi connectivity index (χ0) is 19.6. The molecular formula is C19H19F2IN2O3. The summed E-state index contributed by atoms with van der Waals surface area (Å²) in [7, 11) is 0. The fraction of sp³-hybridized carbons (Fsp3) is 0.316. The number of carbonyl (C=O) groups is 1. The molecule has 1 aliphatic carbocycles. The standard InChI is InChI=1S/C19H19F2IN2O3/c1-11-6-12(22)2-3-16(11)23-17-8-15(21)14(20)7-13(17)18(26)24-27-10-19(9-25)4-5-19/h2-3,6-8,23,25H,4-5,9-10H2,1H3,(H,24,26). The van der Waals surface area contributed by atoms with Crippen LogP contribution in [0, 0.1) is 27.5 Å².